The number of benzene rings is 1. The Bertz CT molecular complexity index is 598. The highest BCUT2D eigenvalue weighted by molar-refractivity contribution is 7.86. The van der Waals surface area contributed by atoms with Gasteiger partial charge in [-0.25, -0.2) is 0 Å². The van der Waals surface area contributed by atoms with Crippen molar-refractivity contribution in [2.75, 3.05) is 26.2 Å². The maximum atomic E-state index is 12.3. The number of ether oxygens (including phenoxy) is 1. The lowest BCUT2D eigenvalue weighted by Gasteiger charge is -2.40. The standard InChI is InChI=1S/C15H22N2O3S/c1-12-6-5-7-13(2)15(12)20-14-10-17(11-14)21(18,19)16-8-3-4-9-16/h5-7,14H,3-4,8-11H2,1-2H3. The number of rotatable bonds is 4. The van der Waals surface area contributed by atoms with Gasteiger partial charge in [-0.1, -0.05) is 18.2 Å². The van der Waals surface area contributed by atoms with Crippen LogP contribution in [0.15, 0.2) is 18.2 Å². The zero-order chi connectivity index (χ0) is 15.0. The Morgan fingerprint density at radius 3 is 2.19 bits per heavy atom. The molecule has 0 atom stereocenters. The topological polar surface area (TPSA) is 49.9 Å². The lowest BCUT2D eigenvalue weighted by Crippen LogP contribution is -2.59. The molecule has 1 aromatic rings. The molecule has 2 heterocycles. The smallest absolute Gasteiger partial charge is 0.282 e. The van der Waals surface area contributed by atoms with Crippen molar-refractivity contribution in [3.63, 3.8) is 0 Å². The second-order valence-electron chi connectivity index (χ2n) is 5.89. The maximum absolute atomic E-state index is 12.3. The molecule has 5 nitrogen and oxygen atoms in total. The largest absolute Gasteiger partial charge is 0.487 e. The molecule has 0 N–H and O–H groups in total. The van der Waals surface area contributed by atoms with Crippen LogP contribution in [0.2, 0.25) is 0 Å². The lowest BCUT2D eigenvalue weighted by molar-refractivity contribution is 0.0708. The quantitative estimate of drug-likeness (QED) is 0.850. The van der Waals surface area contributed by atoms with Crippen molar-refractivity contribution in [3.05, 3.63) is 29.3 Å². The SMILES string of the molecule is Cc1cccc(C)c1OC1CN(S(=O)(=O)N2CCCC2)C1. The van der Waals surface area contributed by atoms with E-state index in [-0.39, 0.29) is 6.10 Å². The molecule has 0 spiro atoms. The number of aryl methyl sites for hydroxylation is 2. The summed E-state index contributed by atoms with van der Waals surface area (Å²) in [6, 6.07) is 6.03. The molecule has 2 saturated heterocycles. The zero-order valence-electron chi connectivity index (χ0n) is 12.6. The normalized spacial score (nSPS) is 21.4. The molecule has 0 aromatic heterocycles. The van der Waals surface area contributed by atoms with Gasteiger partial charge in [0.25, 0.3) is 10.2 Å². The molecule has 116 valence electrons. The first-order valence-corrected chi connectivity index (χ1v) is 8.86. The third kappa shape index (κ3) is 2.80. The molecule has 2 aliphatic rings. The lowest BCUT2D eigenvalue weighted by atomic mass is 10.1. The first kappa shape index (κ1) is 14.8. The highest BCUT2D eigenvalue weighted by atomic mass is 32.2. The first-order chi connectivity index (χ1) is 9.98. The molecule has 6 heteroatoms. The van der Waals surface area contributed by atoms with E-state index >= 15 is 0 Å². The summed E-state index contributed by atoms with van der Waals surface area (Å²) >= 11 is 0. The van der Waals surface area contributed by atoms with Crippen LogP contribution in [-0.2, 0) is 10.2 Å². The predicted octanol–water partition coefficient (Wildman–Crippen LogP) is 1.71. The van der Waals surface area contributed by atoms with E-state index in [1.807, 2.05) is 32.0 Å². The molecule has 21 heavy (non-hydrogen) atoms. The van der Waals surface area contributed by atoms with E-state index in [2.05, 4.69) is 0 Å². The van der Waals surface area contributed by atoms with Crippen LogP contribution in [0.3, 0.4) is 0 Å². The fourth-order valence-corrected chi connectivity index (χ4v) is 4.65. The van der Waals surface area contributed by atoms with Crippen LogP contribution < -0.4 is 4.74 Å². The Labute approximate surface area is 126 Å². The van der Waals surface area contributed by atoms with Crippen LogP contribution >= 0.6 is 0 Å². The van der Waals surface area contributed by atoms with Gasteiger partial charge < -0.3 is 4.74 Å². The first-order valence-electron chi connectivity index (χ1n) is 7.46. The van der Waals surface area contributed by atoms with Crippen molar-refractivity contribution in [2.24, 2.45) is 0 Å². The average Bonchev–Trinajstić information content (AvgIpc) is 2.90. The van der Waals surface area contributed by atoms with Crippen LogP contribution in [0.1, 0.15) is 24.0 Å². The van der Waals surface area contributed by atoms with Gasteiger partial charge >= 0.3 is 0 Å². The fraction of sp³-hybridized carbons (Fsp3) is 0.600. The molecule has 0 amide bonds. The van der Waals surface area contributed by atoms with Gasteiger partial charge in [0.2, 0.25) is 0 Å². The summed E-state index contributed by atoms with van der Waals surface area (Å²) in [5.74, 6) is 0.890. The Morgan fingerprint density at radius 1 is 1.05 bits per heavy atom. The van der Waals surface area contributed by atoms with E-state index < -0.39 is 10.2 Å². The molecule has 0 unspecified atom stereocenters. The number of nitrogens with zero attached hydrogens (tertiary/aromatic N) is 2. The van der Waals surface area contributed by atoms with Crippen LogP contribution in [-0.4, -0.2) is 49.3 Å². The molecule has 0 aliphatic carbocycles. The summed E-state index contributed by atoms with van der Waals surface area (Å²) in [5.41, 5.74) is 2.19. The maximum Gasteiger partial charge on any atom is 0.282 e. The van der Waals surface area contributed by atoms with E-state index in [0.717, 1.165) is 29.7 Å². The van der Waals surface area contributed by atoms with Crippen LogP contribution in [0.5, 0.6) is 5.75 Å². The van der Waals surface area contributed by atoms with Crippen molar-refractivity contribution in [1.82, 2.24) is 8.61 Å². The number of hydrogen-bond acceptors (Lipinski definition) is 3. The summed E-state index contributed by atoms with van der Waals surface area (Å²) in [5, 5.41) is 0. The van der Waals surface area contributed by atoms with E-state index in [9.17, 15) is 8.42 Å². The second-order valence-corrected chi connectivity index (χ2v) is 7.82. The van der Waals surface area contributed by atoms with Gasteiger partial charge in [-0.05, 0) is 37.8 Å². The third-order valence-electron chi connectivity index (χ3n) is 4.23. The molecule has 2 aliphatic heterocycles. The number of para-hydroxylation sites is 1. The summed E-state index contributed by atoms with van der Waals surface area (Å²) < 4.78 is 33.8. The third-order valence-corrected chi connectivity index (χ3v) is 6.19. The van der Waals surface area contributed by atoms with Crippen molar-refractivity contribution < 1.29 is 13.2 Å². The summed E-state index contributed by atoms with van der Waals surface area (Å²) in [6.45, 7) is 6.24. The van der Waals surface area contributed by atoms with Crippen LogP contribution in [0.25, 0.3) is 0 Å². The Balaban J connectivity index is 1.61. The van der Waals surface area contributed by atoms with Gasteiger partial charge in [0.1, 0.15) is 11.9 Å². The van der Waals surface area contributed by atoms with Crippen molar-refractivity contribution >= 4 is 10.2 Å². The minimum atomic E-state index is -3.26. The van der Waals surface area contributed by atoms with Crippen molar-refractivity contribution in [1.29, 1.82) is 0 Å². The summed E-state index contributed by atoms with van der Waals surface area (Å²) in [4.78, 5) is 0. The van der Waals surface area contributed by atoms with Crippen molar-refractivity contribution in [3.8, 4) is 5.75 Å². The molecule has 0 saturated carbocycles. The van der Waals surface area contributed by atoms with E-state index in [1.165, 1.54) is 4.31 Å². The van der Waals surface area contributed by atoms with Gasteiger partial charge in [-0.2, -0.15) is 17.0 Å². The average molecular weight is 310 g/mol. The van der Waals surface area contributed by atoms with E-state index in [4.69, 9.17) is 4.74 Å². The van der Waals surface area contributed by atoms with Gasteiger partial charge in [0.15, 0.2) is 0 Å². The minimum Gasteiger partial charge on any atom is -0.487 e. The Hall–Kier alpha value is -1.11. The minimum absolute atomic E-state index is 0.0396. The highest BCUT2D eigenvalue weighted by Crippen LogP contribution is 2.28. The molecular formula is C15H22N2O3S. The van der Waals surface area contributed by atoms with Gasteiger partial charge in [-0.15, -0.1) is 0 Å². The molecule has 0 radical (unpaired) electrons. The van der Waals surface area contributed by atoms with Crippen molar-refractivity contribution in [2.45, 2.75) is 32.8 Å². The van der Waals surface area contributed by atoms with E-state index in [1.54, 1.807) is 4.31 Å². The van der Waals surface area contributed by atoms with Crippen LogP contribution in [0, 0.1) is 13.8 Å². The van der Waals surface area contributed by atoms with Gasteiger partial charge in [-0.3, -0.25) is 0 Å². The monoisotopic (exact) mass is 310 g/mol. The Morgan fingerprint density at radius 2 is 1.62 bits per heavy atom. The van der Waals surface area contributed by atoms with Crippen LogP contribution in [0.4, 0.5) is 0 Å². The van der Waals surface area contributed by atoms with E-state index in [0.29, 0.717) is 26.2 Å². The molecule has 3 rings (SSSR count). The summed E-state index contributed by atoms with van der Waals surface area (Å²) in [6.07, 6.45) is 1.90. The summed E-state index contributed by atoms with van der Waals surface area (Å²) in [7, 11) is -3.26. The Kier molecular flexibility index (Phi) is 3.94. The highest BCUT2D eigenvalue weighted by Gasteiger charge is 2.41. The number of hydrogen-bond donors (Lipinski definition) is 0. The predicted molar refractivity (Wildman–Crippen MR) is 81.6 cm³/mol. The van der Waals surface area contributed by atoms with Gasteiger partial charge in [0, 0.05) is 13.1 Å². The molecule has 0 bridgehead atoms. The zero-order valence-corrected chi connectivity index (χ0v) is 13.4. The molecular weight excluding hydrogens is 288 g/mol. The molecule has 2 fully saturated rings. The second kappa shape index (κ2) is 5.59. The van der Waals surface area contributed by atoms with Gasteiger partial charge in [0.05, 0.1) is 13.1 Å². The fourth-order valence-electron chi connectivity index (χ4n) is 2.90. The molecule has 1 aromatic carbocycles.